The first-order chi connectivity index (χ1) is 13.6. The van der Waals surface area contributed by atoms with E-state index in [9.17, 15) is 9.59 Å². The molecule has 0 saturated heterocycles. The summed E-state index contributed by atoms with van der Waals surface area (Å²) in [6, 6.07) is 14.5. The molecule has 0 bridgehead atoms. The van der Waals surface area contributed by atoms with E-state index >= 15 is 0 Å². The number of urea groups is 1. The Hall–Kier alpha value is -3.65. The number of rotatable bonds is 4. The minimum absolute atomic E-state index is 0.347. The molecule has 0 spiro atoms. The summed E-state index contributed by atoms with van der Waals surface area (Å²) < 4.78 is 1.47. The van der Waals surface area contributed by atoms with Crippen LogP contribution >= 0.6 is 11.6 Å². The maximum absolute atomic E-state index is 12.5. The number of primary amides is 1. The number of aromatic nitrogens is 2. The fourth-order valence-corrected chi connectivity index (χ4v) is 3.29. The number of benzene rings is 2. The van der Waals surface area contributed by atoms with Crippen LogP contribution in [0.3, 0.4) is 0 Å². The molecule has 1 atom stereocenters. The molecule has 9 heteroatoms. The van der Waals surface area contributed by atoms with Gasteiger partial charge in [-0.2, -0.15) is 5.01 Å². The van der Waals surface area contributed by atoms with E-state index in [0.717, 1.165) is 0 Å². The van der Waals surface area contributed by atoms with Crippen molar-refractivity contribution in [1.82, 2.24) is 9.66 Å². The molecule has 0 aliphatic carbocycles. The normalized spacial score (nSPS) is 15.8. The zero-order valence-electron chi connectivity index (χ0n) is 14.5. The molecule has 0 fully saturated rings. The Kier molecular flexibility index (Phi) is 4.54. The number of halogens is 1. The first-order valence-corrected chi connectivity index (χ1v) is 8.73. The van der Waals surface area contributed by atoms with E-state index in [1.54, 1.807) is 53.4 Å². The van der Waals surface area contributed by atoms with E-state index < -0.39 is 12.1 Å². The highest BCUT2D eigenvalue weighted by atomic mass is 35.5. The van der Waals surface area contributed by atoms with Gasteiger partial charge in [-0.15, -0.1) is 0 Å². The summed E-state index contributed by atoms with van der Waals surface area (Å²) in [5.74, 6) is 0.0996. The molecule has 4 rings (SSSR count). The van der Waals surface area contributed by atoms with E-state index in [0.29, 0.717) is 22.1 Å². The molecule has 28 heavy (non-hydrogen) atoms. The second-order valence-corrected chi connectivity index (χ2v) is 6.47. The summed E-state index contributed by atoms with van der Waals surface area (Å²) in [5, 5.41) is 1.77. The number of hydrogen-bond donors (Lipinski definition) is 1. The molecule has 1 unspecified atom stereocenters. The van der Waals surface area contributed by atoms with Gasteiger partial charge in [0.05, 0.1) is 11.9 Å². The van der Waals surface area contributed by atoms with Crippen LogP contribution < -0.4 is 15.6 Å². The van der Waals surface area contributed by atoms with Gasteiger partial charge in [-0.25, -0.2) is 19.4 Å². The number of nitrogens with two attached hydrogens (primary N) is 1. The molecule has 3 amide bonds. The summed E-state index contributed by atoms with van der Waals surface area (Å²) in [7, 11) is 0. The number of hydrogen-bond acceptors (Lipinski definition) is 4. The van der Waals surface area contributed by atoms with Crippen LogP contribution in [0.2, 0.25) is 5.02 Å². The van der Waals surface area contributed by atoms with Crippen LogP contribution in [0.25, 0.3) is 0 Å². The maximum Gasteiger partial charge on any atom is 0.338 e. The van der Waals surface area contributed by atoms with Gasteiger partial charge in [0.15, 0.2) is 5.82 Å². The van der Waals surface area contributed by atoms with Crippen LogP contribution in [0, 0.1) is 0 Å². The molecule has 2 aromatic carbocycles. The monoisotopic (exact) mass is 394 g/mol. The number of carbonyl (C=O) groups is 2. The summed E-state index contributed by atoms with van der Waals surface area (Å²) in [6.45, 7) is 0. The molecule has 3 aromatic rings. The number of para-hydroxylation sites is 1. The van der Waals surface area contributed by atoms with Gasteiger partial charge in [-0.1, -0.05) is 41.9 Å². The van der Waals surface area contributed by atoms with Crippen LogP contribution in [0.5, 0.6) is 0 Å². The highest BCUT2D eigenvalue weighted by molar-refractivity contribution is 6.30. The lowest BCUT2D eigenvalue weighted by atomic mass is 10.1. The average molecular weight is 395 g/mol. The summed E-state index contributed by atoms with van der Waals surface area (Å²) in [5.41, 5.74) is 6.85. The Morgan fingerprint density at radius 1 is 1.14 bits per heavy atom. The quantitative estimate of drug-likeness (QED) is 0.735. The van der Waals surface area contributed by atoms with Gasteiger partial charge in [0.2, 0.25) is 0 Å². The number of amides is 3. The highest BCUT2D eigenvalue weighted by Crippen LogP contribution is 2.32. The van der Waals surface area contributed by atoms with E-state index in [2.05, 4.69) is 9.98 Å². The van der Waals surface area contributed by atoms with Crippen molar-refractivity contribution in [2.45, 2.75) is 6.04 Å². The van der Waals surface area contributed by atoms with Crippen LogP contribution in [0.1, 0.15) is 11.6 Å². The van der Waals surface area contributed by atoms with Crippen molar-refractivity contribution in [3.63, 3.8) is 0 Å². The molecular weight excluding hydrogens is 380 g/mol. The Balaban J connectivity index is 1.78. The lowest BCUT2D eigenvalue weighted by molar-refractivity contribution is -0.118. The van der Waals surface area contributed by atoms with Gasteiger partial charge in [-0.3, -0.25) is 9.69 Å². The lowest BCUT2D eigenvalue weighted by Gasteiger charge is -2.28. The molecule has 1 aliphatic heterocycles. The van der Waals surface area contributed by atoms with Gasteiger partial charge in [0.1, 0.15) is 18.7 Å². The topological polar surface area (TPSA) is 96.8 Å². The van der Waals surface area contributed by atoms with Crippen LogP contribution in [0.4, 0.5) is 16.3 Å². The minimum Gasteiger partial charge on any atom is -0.350 e. The molecule has 2 heterocycles. The third-order valence-corrected chi connectivity index (χ3v) is 4.51. The van der Waals surface area contributed by atoms with Crippen LogP contribution in [-0.4, -0.2) is 27.9 Å². The van der Waals surface area contributed by atoms with E-state index in [-0.39, 0.29) is 5.91 Å². The number of nitrogens with zero attached hydrogens (tertiary/aromatic N) is 5. The Bertz CT molecular complexity index is 1070. The van der Waals surface area contributed by atoms with Gasteiger partial charge in [0, 0.05) is 5.02 Å². The van der Waals surface area contributed by atoms with Crippen molar-refractivity contribution in [2.24, 2.45) is 10.7 Å². The largest absolute Gasteiger partial charge is 0.350 e. The fraction of sp³-hybridized carbons (Fsp3) is 0.0526. The second-order valence-electron chi connectivity index (χ2n) is 6.03. The minimum atomic E-state index is -0.723. The first-order valence-electron chi connectivity index (χ1n) is 8.35. The molecule has 1 aromatic heterocycles. The summed E-state index contributed by atoms with van der Waals surface area (Å²) >= 11 is 6.09. The Morgan fingerprint density at radius 2 is 1.93 bits per heavy atom. The van der Waals surface area contributed by atoms with Gasteiger partial charge in [0.25, 0.3) is 5.91 Å². The molecule has 0 radical (unpaired) electrons. The van der Waals surface area contributed by atoms with Crippen LogP contribution in [-0.2, 0) is 4.79 Å². The predicted octanol–water partition coefficient (Wildman–Crippen LogP) is 3.00. The summed E-state index contributed by atoms with van der Waals surface area (Å²) in [6.07, 6.45) is 4.38. The predicted molar refractivity (Wildman–Crippen MR) is 106 cm³/mol. The lowest BCUT2D eigenvalue weighted by Crippen LogP contribution is -2.42. The van der Waals surface area contributed by atoms with Crippen molar-refractivity contribution in [1.29, 1.82) is 0 Å². The number of carbonyl (C=O) groups excluding carboxylic acids is 2. The standard InChI is InChI=1S/C19H15ClN6O2/c20-14-6-4-5-13(9-14)17-18(27)23-12-24(17)16-10-22-11-25(16)26(19(21)28)15-7-2-1-3-8-15/h1-12,17H,(H2,21,28). The van der Waals surface area contributed by atoms with Crippen molar-refractivity contribution in [3.05, 3.63) is 77.7 Å². The fourth-order valence-electron chi connectivity index (χ4n) is 3.09. The van der Waals surface area contributed by atoms with E-state index in [1.165, 1.54) is 28.5 Å². The molecule has 8 nitrogen and oxygen atoms in total. The van der Waals surface area contributed by atoms with Crippen molar-refractivity contribution in [2.75, 3.05) is 9.91 Å². The molecule has 2 N–H and O–H groups in total. The Labute approximate surface area is 165 Å². The SMILES string of the molecule is NC(=O)N(c1ccccc1)n1cncc1N1C=NC(=O)C1c1cccc(Cl)c1. The third kappa shape index (κ3) is 3.10. The van der Waals surface area contributed by atoms with Gasteiger partial charge < -0.3 is 5.73 Å². The number of anilines is 2. The summed E-state index contributed by atoms with van der Waals surface area (Å²) in [4.78, 5) is 34.3. The maximum atomic E-state index is 12.5. The number of aliphatic imine (C=N–C) groups is 1. The second kappa shape index (κ2) is 7.16. The van der Waals surface area contributed by atoms with E-state index in [1.807, 2.05) is 6.07 Å². The average Bonchev–Trinajstić information content (AvgIpc) is 3.29. The first kappa shape index (κ1) is 17.7. The van der Waals surface area contributed by atoms with Crippen molar-refractivity contribution in [3.8, 4) is 0 Å². The molecule has 140 valence electrons. The van der Waals surface area contributed by atoms with Crippen molar-refractivity contribution < 1.29 is 9.59 Å². The third-order valence-electron chi connectivity index (χ3n) is 4.28. The highest BCUT2D eigenvalue weighted by Gasteiger charge is 2.34. The van der Waals surface area contributed by atoms with Crippen molar-refractivity contribution >= 4 is 41.4 Å². The van der Waals surface area contributed by atoms with Crippen LogP contribution in [0.15, 0.2) is 72.1 Å². The van der Waals surface area contributed by atoms with Gasteiger partial charge in [-0.05, 0) is 29.8 Å². The molecule has 1 aliphatic rings. The zero-order chi connectivity index (χ0) is 19.7. The zero-order valence-corrected chi connectivity index (χ0v) is 15.3. The molecule has 0 saturated carbocycles. The smallest absolute Gasteiger partial charge is 0.338 e. The van der Waals surface area contributed by atoms with Gasteiger partial charge >= 0.3 is 6.03 Å². The number of imidazole rings is 1. The Morgan fingerprint density at radius 3 is 2.64 bits per heavy atom. The molecular formula is C19H15ClN6O2. The van der Waals surface area contributed by atoms with E-state index in [4.69, 9.17) is 17.3 Å².